The predicted molar refractivity (Wildman–Crippen MR) is 58.3 cm³/mol. The van der Waals surface area contributed by atoms with E-state index in [9.17, 15) is 4.79 Å². The molecule has 3 heteroatoms. The average Bonchev–Trinajstić information content (AvgIpc) is 2.14. The summed E-state index contributed by atoms with van der Waals surface area (Å²) in [5, 5.41) is 0.937. The molecule has 1 heterocycles. The van der Waals surface area contributed by atoms with Crippen molar-refractivity contribution >= 4 is 16.6 Å². The first-order valence-electron chi connectivity index (χ1n) is 4.46. The average molecular weight is 188 g/mol. The van der Waals surface area contributed by atoms with E-state index in [-0.39, 0.29) is 5.56 Å². The molecule has 3 nitrogen and oxygen atoms in total. The molecule has 0 radical (unpaired) electrons. The summed E-state index contributed by atoms with van der Waals surface area (Å²) >= 11 is 0. The van der Waals surface area contributed by atoms with E-state index in [4.69, 9.17) is 5.73 Å². The lowest BCUT2D eigenvalue weighted by atomic mass is 10.1. The normalized spacial score (nSPS) is 10.7. The second-order valence-corrected chi connectivity index (χ2v) is 3.47. The third-order valence-electron chi connectivity index (χ3n) is 2.49. The molecular weight excluding hydrogens is 176 g/mol. The van der Waals surface area contributed by atoms with Gasteiger partial charge in [-0.3, -0.25) is 4.79 Å². The number of hydrogen-bond donors (Lipinski definition) is 1. The number of nitrogens with two attached hydrogens (primary N) is 1. The number of rotatable bonds is 0. The van der Waals surface area contributed by atoms with Crippen LogP contribution in [0.15, 0.2) is 29.1 Å². The summed E-state index contributed by atoms with van der Waals surface area (Å²) in [4.78, 5) is 11.5. The number of para-hydroxylation sites is 1. The Morgan fingerprint density at radius 3 is 2.79 bits per heavy atom. The molecule has 0 aliphatic rings. The monoisotopic (exact) mass is 188 g/mol. The minimum absolute atomic E-state index is 0.0655. The molecule has 72 valence electrons. The lowest BCUT2D eigenvalue weighted by Gasteiger charge is -2.09. The minimum atomic E-state index is -0.0655. The molecule has 2 rings (SSSR count). The molecule has 0 saturated heterocycles. The van der Waals surface area contributed by atoms with Crippen LogP contribution in [0.1, 0.15) is 5.56 Å². The van der Waals surface area contributed by atoms with Gasteiger partial charge in [0.1, 0.15) is 0 Å². The molecule has 0 aliphatic heterocycles. The van der Waals surface area contributed by atoms with Crippen molar-refractivity contribution in [2.24, 2.45) is 7.05 Å². The number of nitrogen functional groups attached to an aromatic ring is 1. The number of fused-ring (bicyclic) bond motifs is 1. The van der Waals surface area contributed by atoms with Crippen molar-refractivity contribution in [1.29, 1.82) is 0 Å². The van der Waals surface area contributed by atoms with Crippen molar-refractivity contribution in [2.75, 3.05) is 5.73 Å². The molecule has 0 atom stereocenters. The number of nitrogens with zero attached hydrogens (tertiary/aromatic N) is 1. The summed E-state index contributed by atoms with van der Waals surface area (Å²) < 4.78 is 1.63. The van der Waals surface area contributed by atoms with Crippen LogP contribution in [-0.2, 0) is 7.05 Å². The van der Waals surface area contributed by atoms with Crippen LogP contribution in [0.2, 0.25) is 0 Å². The van der Waals surface area contributed by atoms with E-state index in [2.05, 4.69) is 0 Å². The first-order chi connectivity index (χ1) is 6.61. The summed E-state index contributed by atoms with van der Waals surface area (Å²) in [6.07, 6.45) is 0. The zero-order valence-electron chi connectivity index (χ0n) is 8.24. The molecule has 0 fully saturated rings. The molecule has 0 amide bonds. The Bertz CT molecular complexity index is 555. The third-order valence-corrected chi connectivity index (χ3v) is 2.49. The lowest BCUT2D eigenvalue weighted by molar-refractivity contribution is 0.903. The van der Waals surface area contributed by atoms with E-state index in [1.165, 1.54) is 6.07 Å². The Morgan fingerprint density at radius 2 is 2.07 bits per heavy atom. The van der Waals surface area contributed by atoms with Gasteiger partial charge in [0.15, 0.2) is 0 Å². The highest BCUT2D eigenvalue weighted by atomic mass is 16.1. The molecule has 14 heavy (non-hydrogen) atoms. The predicted octanol–water partition coefficient (Wildman–Crippen LogP) is 1.43. The largest absolute Gasteiger partial charge is 0.398 e. The summed E-state index contributed by atoms with van der Waals surface area (Å²) in [6.45, 7) is 1.97. The zero-order chi connectivity index (χ0) is 10.3. The van der Waals surface area contributed by atoms with Crippen LogP contribution in [0, 0.1) is 6.92 Å². The van der Waals surface area contributed by atoms with E-state index in [1.54, 1.807) is 11.6 Å². The van der Waals surface area contributed by atoms with Crippen LogP contribution in [0.25, 0.3) is 10.9 Å². The van der Waals surface area contributed by atoms with Gasteiger partial charge in [-0.1, -0.05) is 18.2 Å². The van der Waals surface area contributed by atoms with Gasteiger partial charge in [0.05, 0.1) is 5.52 Å². The summed E-state index contributed by atoms with van der Waals surface area (Å²) in [5.74, 6) is 0. The standard InChI is InChI=1S/C11H12N2O/c1-7-4-3-5-8-9(12)6-10(14)13(2)11(7)8/h3-6H,12H2,1-2H3. The van der Waals surface area contributed by atoms with Crippen molar-refractivity contribution in [1.82, 2.24) is 4.57 Å². The van der Waals surface area contributed by atoms with Crippen LogP contribution >= 0.6 is 0 Å². The van der Waals surface area contributed by atoms with Crippen LogP contribution in [0.3, 0.4) is 0 Å². The Hall–Kier alpha value is -1.77. The van der Waals surface area contributed by atoms with Gasteiger partial charge in [0.25, 0.3) is 5.56 Å². The van der Waals surface area contributed by atoms with Crippen LogP contribution in [-0.4, -0.2) is 4.57 Å². The highest BCUT2D eigenvalue weighted by Gasteiger charge is 2.05. The molecule has 2 N–H and O–H groups in total. The van der Waals surface area contributed by atoms with Gasteiger partial charge in [-0.05, 0) is 12.5 Å². The smallest absolute Gasteiger partial charge is 0.252 e. The van der Waals surface area contributed by atoms with Crippen molar-refractivity contribution in [3.05, 3.63) is 40.2 Å². The first kappa shape index (κ1) is 8.81. The highest BCUT2D eigenvalue weighted by Crippen LogP contribution is 2.20. The summed E-state index contributed by atoms with van der Waals surface area (Å²) in [7, 11) is 1.76. The van der Waals surface area contributed by atoms with Gasteiger partial charge in [-0.25, -0.2) is 0 Å². The number of pyridine rings is 1. The number of anilines is 1. The van der Waals surface area contributed by atoms with Gasteiger partial charge in [-0.15, -0.1) is 0 Å². The van der Waals surface area contributed by atoms with Crippen LogP contribution in [0.4, 0.5) is 5.69 Å². The maximum atomic E-state index is 11.5. The summed E-state index contributed by atoms with van der Waals surface area (Å²) in [5.41, 5.74) is 8.24. The molecular formula is C11H12N2O. The maximum Gasteiger partial charge on any atom is 0.252 e. The van der Waals surface area contributed by atoms with Gasteiger partial charge >= 0.3 is 0 Å². The number of aromatic nitrogens is 1. The quantitative estimate of drug-likeness (QED) is 0.679. The van der Waals surface area contributed by atoms with E-state index >= 15 is 0 Å². The molecule has 1 aromatic heterocycles. The maximum absolute atomic E-state index is 11.5. The Labute approximate surface area is 81.8 Å². The molecule has 0 saturated carbocycles. The minimum Gasteiger partial charge on any atom is -0.398 e. The second-order valence-electron chi connectivity index (χ2n) is 3.47. The van der Waals surface area contributed by atoms with Gasteiger partial charge in [0, 0.05) is 24.2 Å². The Balaban J connectivity index is 3.11. The van der Waals surface area contributed by atoms with Crippen LogP contribution < -0.4 is 11.3 Å². The highest BCUT2D eigenvalue weighted by molar-refractivity contribution is 5.92. The molecule has 0 aliphatic carbocycles. The molecule has 0 bridgehead atoms. The van der Waals surface area contributed by atoms with E-state index in [1.807, 2.05) is 25.1 Å². The summed E-state index contributed by atoms with van der Waals surface area (Å²) in [6, 6.07) is 7.30. The molecule has 0 spiro atoms. The molecule has 1 aromatic carbocycles. The van der Waals surface area contributed by atoms with E-state index in [0.717, 1.165) is 16.5 Å². The zero-order valence-corrected chi connectivity index (χ0v) is 8.24. The first-order valence-corrected chi connectivity index (χ1v) is 4.46. The molecule has 2 aromatic rings. The van der Waals surface area contributed by atoms with Crippen molar-refractivity contribution < 1.29 is 0 Å². The van der Waals surface area contributed by atoms with E-state index < -0.39 is 0 Å². The fourth-order valence-electron chi connectivity index (χ4n) is 1.75. The van der Waals surface area contributed by atoms with Gasteiger partial charge in [-0.2, -0.15) is 0 Å². The SMILES string of the molecule is Cc1cccc2c(N)cc(=O)n(C)c12. The van der Waals surface area contributed by atoms with Gasteiger partial charge < -0.3 is 10.3 Å². The topological polar surface area (TPSA) is 48.0 Å². The Kier molecular flexibility index (Phi) is 1.81. The Morgan fingerprint density at radius 1 is 1.36 bits per heavy atom. The second kappa shape index (κ2) is 2.87. The van der Waals surface area contributed by atoms with Crippen LogP contribution in [0.5, 0.6) is 0 Å². The van der Waals surface area contributed by atoms with Gasteiger partial charge in [0.2, 0.25) is 0 Å². The third kappa shape index (κ3) is 1.09. The number of benzene rings is 1. The number of hydrogen-bond acceptors (Lipinski definition) is 2. The molecule has 0 unspecified atom stereocenters. The lowest BCUT2D eigenvalue weighted by Crippen LogP contribution is -2.17. The van der Waals surface area contributed by atoms with E-state index in [0.29, 0.717) is 5.69 Å². The fraction of sp³-hybridized carbons (Fsp3) is 0.182. The van der Waals surface area contributed by atoms with Crippen molar-refractivity contribution in [3.63, 3.8) is 0 Å². The van der Waals surface area contributed by atoms with Crippen molar-refractivity contribution in [3.8, 4) is 0 Å². The number of aryl methyl sites for hydroxylation is 2. The fourth-order valence-corrected chi connectivity index (χ4v) is 1.75. The van der Waals surface area contributed by atoms with Crippen molar-refractivity contribution in [2.45, 2.75) is 6.92 Å².